The Labute approximate surface area is 80.0 Å². The van der Waals surface area contributed by atoms with Gasteiger partial charge in [0.1, 0.15) is 11.4 Å². The quantitative estimate of drug-likeness (QED) is 0.670. The molecule has 0 spiro atoms. The van der Waals surface area contributed by atoms with E-state index in [2.05, 4.69) is 12.6 Å². The summed E-state index contributed by atoms with van der Waals surface area (Å²) in [6.07, 6.45) is 1.78. The van der Waals surface area contributed by atoms with Gasteiger partial charge in [-0.15, -0.1) is 0 Å². The van der Waals surface area contributed by atoms with E-state index in [-0.39, 0.29) is 5.60 Å². The number of hydrogen-bond donors (Lipinski definition) is 0. The lowest BCUT2D eigenvalue weighted by atomic mass is 10.1. The molecule has 0 saturated heterocycles. The highest BCUT2D eigenvalue weighted by Gasteiger charge is 2.11. The Hall–Kier alpha value is -1.24. The van der Waals surface area contributed by atoms with Crippen LogP contribution in [0.25, 0.3) is 6.08 Å². The van der Waals surface area contributed by atoms with E-state index in [9.17, 15) is 0 Å². The van der Waals surface area contributed by atoms with Gasteiger partial charge in [-0.05, 0) is 50.6 Å². The van der Waals surface area contributed by atoms with E-state index in [1.165, 1.54) is 0 Å². The zero-order valence-corrected chi connectivity index (χ0v) is 8.42. The van der Waals surface area contributed by atoms with Gasteiger partial charge in [0.25, 0.3) is 0 Å². The highest BCUT2D eigenvalue weighted by atomic mass is 16.5. The minimum Gasteiger partial charge on any atom is -0.488 e. The summed E-state index contributed by atoms with van der Waals surface area (Å²) in [5, 5.41) is 0. The maximum absolute atomic E-state index is 5.67. The van der Waals surface area contributed by atoms with Crippen LogP contribution in [0.3, 0.4) is 0 Å². The molecule has 0 aliphatic rings. The van der Waals surface area contributed by atoms with Crippen molar-refractivity contribution < 1.29 is 4.74 Å². The predicted molar refractivity (Wildman–Crippen MR) is 55.8 cm³/mol. The SMILES string of the molecule is C=Cc1c[c]cc(OC(C)(C)C)c1. The molecule has 1 heteroatoms. The molecule has 1 rings (SSSR count). The van der Waals surface area contributed by atoms with Crippen molar-refractivity contribution in [1.82, 2.24) is 0 Å². The van der Waals surface area contributed by atoms with Crippen molar-refractivity contribution in [2.75, 3.05) is 0 Å². The average Bonchev–Trinajstić information content (AvgIpc) is 2.01. The Kier molecular flexibility index (Phi) is 2.76. The fourth-order valence-electron chi connectivity index (χ4n) is 0.998. The average molecular weight is 175 g/mol. The summed E-state index contributed by atoms with van der Waals surface area (Å²) in [6.45, 7) is 9.76. The van der Waals surface area contributed by atoms with Gasteiger partial charge in [-0.25, -0.2) is 0 Å². The highest BCUT2D eigenvalue weighted by molar-refractivity contribution is 5.49. The predicted octanol–water partition coefficient (Wildman–Crippen LogP) is 3.31. The summed E-state index contributed by atoms with van der Waals surface area (Å²) in [4.78, 5) is 0. The lowest BCUT2D eigenvalue weighted by Gasteiger charge is -2.21. The van der Waals surface area contributed by atoms with Crippen molar-refractivity contribution >= 4 is 6.08 Å². The zero-order valence-electron chi connectivity index (χ0n) is 8.42. The second-order valence-corrected chi connectivity index (χ2v) is 3.92. The first-order valence-corrected chi connectivity index (χ1v) is 4.34. The van der Waals surface area contributed by atoms with E-state index in [1.54, 1.807) is 6.08 Å². The maximum atomic E-state index is 5.67. The topological polar surface area (TPSA) is 9.23 Å². The maximum Gasteiger partial charge on any atom is 0.121 e. The largest absolute Gasteiger partial charge is 0.488 e. The molecule has 0 aliphatic carbocycles. The molecule has 0 fully saturated rings. The Morgan fingerprint density at radius 2 is 2.08 bits per heavy atom. The minimum atomic E-state index is -0.159. The summed E-state index contributed by atoms with van der Waals surface area (Å²) >= 11 is 0. The van der Waals surface area contributed by atoms with Crippen LogP contribution in [0.4, 0.5) is 0 Å². The Bertz CT molecular complexity index is 294. The number of hydrogen-bond acceptors (Lipinski definition) is 1. The standard InChI is InChI=1S/C12H15O/c1-5-10-7-6-8-11(9-10)13-12(2,3)4/h5,7-9H,1H2,2-4H3. The van der Waals surface area contributed by atoms with Gasteiger partial charge in [-0.1, -0.05) is 12.7 Å². The van der Waals surface area contributed by atoms with Gasteiger partial charge in [0.05, 0.1) is 0 Å². The molecule has 0 N–H and O–H groups in total. The second-order valence-electron chi connectivity index (χ2n) is 3.92. The normalized spacial score (nSPS) is 11.0. The molecule has 1 radical (unpaired) electrons. The van der Waals surface area contributed by atoms with Crippen LogP contribution in [0.15, 0.2) is 24.8 Å². The van der Waals surface area contributed by atoms with Crippen molar-refractivity contribution in [3.05, 3.63) is 36.4 Å². The molecule has 1 nitrogen and oxygen atoms in total. The first kappa shape index (κ1) is 9.85. The van der Waals surface area contributed by atoms with Gasteiger partial charge >= 0.3 is 0 Å². The Morgan fingerprint density at radius 3 is 2.62 bits per heavy atom. The molecule has 69 valence electrons. The van der Waals surface area contributed by atoms with E-state index in [0.29, 0.717) is 0 Å². The molecular weight excluding hydrogens is 160 g/mol. The van der Waals surface area contributed by atoms with Crippen LogP contribution in [-0.4, -0.2) is 5.60 Å². The molecule has 0 aromatic heterocycles. The third-order valence-corrected chi connectivity index (χ3v) is 1.44. The molecule has 0 bridgehead atoms. The van der Waals surface area contributed by atoms with Crippen LogP contribution < -0.4 is 4.74 Å². The van der Waals surface area contributed by atoms with Crippen LogP contribution in [0.2, 0.25) is 0 Å². The van der Waals surface area contributed by atoms with Crippen LogP contribution in [0.1, 0.15) is 26.3 Å². The summed E-state index contributed by atoms with van der Waals surface area (Å²) in [5.41, 5.74) is 0.870. The monoisotopic (exact) mass is 175 g/mol. The van der Waals surface area contributed by atoms with Crippen molar-refractivity contribution in [1.29, 1.82) is 0 Å². The summed E-state index contributed by atoms with van der Waals surface area (Å²) < 4.78 is 5.67. The van der Waals surface area contributed by atoms with E-state index in [0.717, 1.165) is 11.3 Å². The molecule has 0 amide bonds. The molecule has 0 atom stereocenters. The Balaban J connectivity index is 2.84. The lowest BCUT2D eigenvalue weighted by molar-refractivity contribution is 0.131. The minimum absolute atomic E-state index is 0.159. The van der Waals surface area contributed by atoms with E-state index in [4.69, 9.17) is 4.74 Å². The molecular formula is C12H15O. The number of ether oxygens (including phenoxy) is 1. The summed E-state index contributed by atoms with van der Waals surface area (Å²) in [6, 6.07) is 8.67. The molecule has 1 aromatic carbocycles. The van der Waals surface area contributed by atoms with Crippen molar-refractivity contribution in [2.45, 2.75) is 26.4 Å². The van der Waals surface area contributed by atoms with Crippen molar-refractivity contribution in [3.8, 4) is 5.75 Å². The smallest absolute Gasteiger partial charge is 0.121 e. The van der Waals surface area contributed by atoms with E-state index in [1.807, 2.05) is 39.0 Å². The number of benzene rings is 1. The molecule has 13 heavy (non-hydrogen) atoms. The summed E-state index contributed by atoms with van der Waals surface area (Å²) in [7, 11) is 0. The molecule has 0 unspecified atom stereocenters. The highest BCUT2D eigenvalue weighted by Crippen LogP contribution is 2.19. The Morgan fingerprint density at radius 1 is 1.38 bits per heavy atom. The lowest BCUT2D eigenvalue weighted by Crippen LogP contribution is -2.22. The van der Waals surface area contributed by atoms with Crippen LogP contribution in [0.5, 0.6) is 5.75 Å². The first-order valence-electron chi connectivity index (χ1n) is 4.34. The van der Waals surface area contributed by atoms with Gasteiger partial charge in [0, 0.05) is 0 Å². The third kappa shape index (κ3) is 3.32. The third-order valence-electron chi connectivity index (χ3n) is 1.44. The second kappa shape index (κ2) is 3.65. The van der Waals surface area contributed by atoms with Crippen LogP contribution in [-0.2, 0) is 0 Å². The molecule has 0 saturated carbocycles. The number of rotatable bonds is 2. The van der Waals surface area contributed by atoms with E-state index < -0.39 is 0 Å². The molecule has 0 heterocycles. The van der Waals surface area contributed by atoms with Gasteiger partial charge in [0.2, 0.25) is 0 Å². The molecule has 0 aliphatic heterocycles. The van der Waals surface area contributed by atoms with Crippen molar-refractivity contribution in [2.24, 2.45) is 0 Å². The van der Waals surface area contributed by atoms with Gasteiger partial charge < -0.3 is 4.74 Å². The van der Waals surface area contributed by atoms with Crippen molar-refractivity contribution in [3.63, 3.8) is 0 Å². The van der Waals surface area contributed by atoms with Crippen LogP contribution in [0, 0.1) is 6.07 Å². The first-order chi connectivity index (χ1) is 6.01. The fourth-order valence-corrected chi connectivity index (χ4v) is 0.998. The van der Waals surface area contributed by atoms with Gasteiger partial charge in [-0.3, -0.25) is 0 Å². The van der Waals surface area contributed by atoms with E-state index >= 15 is 0 Å². The fraction of sp³-hybridized carbons (Fsp3) is 0.333. The van der Waals surface area contributed by atoms with Gasteiger partial charge in [0.15, 0.2) is 0 Å². The van der Waals surface area contributed by atoms with Gasteiger partial charge in [-0.2, -0.15) is 0 Å². The zero-order chi connectivity index (χ0) is 9.90. The summed E-state index contributed by atoms with van der Waals surface area (Å²) in [5.74, 6) is 0.838. The van der Waals surface area contributed by atoms with Crippen LogP contribution >= 0.6 is 0 Å². The molecule has 1 aromatic rings.